The van der Waals surface area contributed by atoms with Crippen molar-refractivity contribution in [1.29, 1.82) is 0 Å². The standard InChI is InChI=1S/C20H20N2O4/c1-25-16-6-4-15(5-7-16)21-19(23)10-3-13-11-14-12-17(26-2)8-9-18(14)22-20(13)24/h4-9,11-12H,3,10H2,1-2H3,(H,21,23)(H,22,24). The van der Waals surface area contributed by atoms with E-state index in [-0.39, 0.29) is 17.9 Å². The number of aromatic nitrogens is 1. The number of hydrogen-bond donors (Lipinski definition) is 2. The molecule has 0 spiro atoms. The van der Waals surface area contributed by atoms with Crippen LogP contribution in [-0.4, -0.2) is 25.1 Å². The molecular weight excluding hydrogens is 332 g/mol. The lowest BCUT2D eigenvalue weighted by Gasteiger charge is -2.07. The van der Waals surface area contributed by atoms with Crippen LogP contribution in [0.1, 0.15) is 12.0 Å². The van der Waals surface area contributed by atoms with Gasteiger partial charge in [-0.3, -0.25) is 9.59 Å². The Kier molecular flexibility index (Phi) is 5.22. The van der Waals surface area contributed by atoms with Gasteiger partial charge in [0, 0.05) is 28.6 Å². The van der Waals surface area contributed by atoms with E-state index in [1.165, 1.54) is 0 Å². The van der Waals surface area contributed by atoms with Gasteiger partial charge in [-0.05, 0) is 55.0 Å². The van der Waals surface area contributed by atoms with Crippen LogP contribution in [0, 0.1) is 0 Å². The normalized spacial score (nSPS) is 10.5. The van der Waals surface area contributed by atoms with Crippen molar-refractivity contribution in [2.75, 3.05) is 19.5 Å². The second-order valence-corrected chi connectivity index (χ2v) is 5.85. The van der Waals surface area contributed by atoms with Gasteiger partial charge in [0.15, 0.2) is 0 Å². The third kappa shape index (κ3) is 4.03. The maximum atomic E-state index is 12.2. The zero-order chi connectivity index (χ0) is 18.5. The van der Waals surface area contributed by atoms with Crippen LogP contribution < -0.4 is 20.3 Å². The molecule has 2 N–H and O–H groups in total. The van der Waals surface area contributed by atoms with Gasteiger partial charge in [0.25, 0.3) is 5.56 Å². The fraction of sp³-hybridized carbons (Fsp3) is 0.200. The van der Waals surface area contributed by atoms with Gasteiger partial charge in [-0.1, -0.05) is 0 Å². The summed E-state index contributed by atoms with van der Waals surface area (Å²) in [5, 5.41) is 3.68. The molecule has 3 rings (SSSR count). The minimum absolute atomic E-state index is 0.152. The number of ether oxygens (including phenoxy) is 2. The van der Waals surface area contributed by atoms with Crippen LogP contribution >= 0.6 is 0 Å². The van der Waals surface area contributed by atoms with E-state index < -0.39 is 0 Å². The van der Waals surface area contributed by atoms with Gasteiger partial charge in [-0.2, -0.15) is 0 Å². The second kappa shape index (κ2) is 7.74. The van der Waals surface area contributed by atoms with E-state index in [4.69, 9.17) is 9.47 Å². The minimum atomic E-state index is -0.181. The van der Waals surface area contributed by atoms with Gasteiger partial charge in [0.2, 0.25) is 5.91 Å². The molecule has 1 aromatic heterocycles. The molecule has 0 aliphatic heterocycles. The summed E-state index contributed by atoms with van der Waals surface area (Å²) in [6.07, 6.45) is 0.565. The highest BCUT2D eigenvalue weighted by atomic mass is 16.5. The van der Waals surface area contributed by atoms with Gasteiger partial charge in [0.1, 0.15) is 11.5 Å². The Balaban J connectivity index is 1.68. The fourth-order valence-electron chi connectivity index (χ4n) is 2.69. The molecule has 6 heteroatoms. The summed E-state index contributed by atoms with van der Waals surface area (Å²) in [4.78, 5) is 27.2. The lowest BCUT2D eigenvalue weighted by atomic mass is 10.1. The molecule has 0 fully saturated rings. The molecule has 1 heterocycles. The first-order chi connectivity index (χ1) is 12.6. The number of benzene rings is 2. The Morgan fingerprint density at radius 1 is 1.00 bits per heavy atom. The van der Waals surface area contributed by atoms with Crippen LogP contribution in [0.25, 0.3) is 10.9 Å². The summed E-state index contributed by atoms with van der Waals surface area (Å²) >= 11 is 0. The molecular formula is C20H20N2O4. The molecule has 6 nitrogen and oxygen atoms in total. The Morgan fingerprint density at radius 2 is 1.69 bits per heavy atom. The minimum Gasteiger partial charge on any atom is -0.497 e. The first-order valence-corrected chi connectivity index (χ1v) is 8.23. The summed E-state index contributed by atoms with van der Waals surface area (Å²) in [5.74, 6) is 1.29. The zero-order valence-electron chi connectivity index (χ0n) is 14.7. The van der Waals surface area contributed by atoms with E-state index in [9.17, 15) is 9.59 Å². The first-order valence-electron chi connectivity index (χ1n) is 8.23. The number of rotatable bonds is 6. The molecule has 0 bridgehead atoms. The van der Waals surface area contributed by atoms with Crippen molar-refractivity contribution in [3.8, 4) is 11.5 Å². The summed E-state index contributed by atoms with van der Waals surface area (Å²) in [5.41, 5.74) is 1.81. The molecule has 0 radical (unpaired) electrons. The van der Waals surface area contributed by atoms with E-state index >= 15 is 0 Å². The molecule has 26 heavy (non-hydrogen) atoms. The number of pyridine rings is 1. The van der Waals surface area contributed by atoms with Gasteiger partial charge in [-0.25, -0.2) is 0 Å². The molecule has 134 valence electrons. The highest BCUT2D eigenvalue weighted by molar-refractivity contribution is 5.91. The van der Waals surface area contributed by atoms with Gasteiger partial charge < -0.3 is 19.8 Å². The average Bonchev–Trinajstić information content (AvgIpc) is 2.66. The number of anilines is 1. The molecule has 3 aromatic rings. The Bertz CT molecular complexity index is 977. The SMILES string of the molecule is COc1ccc(NC(=O)CCc2cc3cc(OC)ccc3[nH]c2=O)cc1. The Labute approximate surface area is 150 Å². The average molecular weight is 352 g/mol. The van der Waals surface area contributed by atoms with E-state index in [0.29, 0.717) is 23.4 Å². The molecule has 1 amide bonds. The number of aromatic amines is 1. The van der Waals surface area contributed by atoms with Gasteiger partial charge >= 0.3 is 0 Å². The van der Waals surface area contributed by atoms with Crippen LogP contribution in [0.2, 0.25) is 0 Å². The summed E-state index contributed by atoms with van der Waals surface area (Å²) in [6, 6.07) is 14.3. The largest absolute Gasteiger partial charge is 0.497 e. The predicted octanol–water partition coefficient (Wildman–Crippen LogP) is 3.12. The second-order valence-electron chi connectivity index (χ2n) is 5.85. The van der Waals surface area contributed by atoms with Crippen LogP contribution in [0.5, 0.6) is 11.5 Å². The number of nitrogens with one attached hydrogen (secondary N) is 2. The molecule has 0 atom stereocenters. The van der Waals surface area contributed by atoms with Crippen LogP contribution in [0.15, 0.2) is 53.3 Å². The number of H-pyrrole nitrogens is 1. The van der Waals surface area contributed by atoms with Crippen molar-refractivity contribution >= 4 is 22.5 Å². The molecule has 0 saturated carbocycles. The number of aryl methyl sites for hydroxylation is 1. The summed E-state index contributed by atoms with van der Waals surface area (Å²) in [6.45, 7) is 0. The number of hydrogen-bond acceptors (Lipinski definition) is 4. The lowest BCUT2D eigenvalue weighted by molar-refractivity contribution is -0.116. The summed E-state index contributed by atoms with van der Waals surface area (Å²) in [7, 11) is 3.18. The van der Waals surface area contributed by atoms with Crippen LogP contribution in [0.3, 0.4) is 0 Å². The third-order valence-electron chi connectivity index (χ3n) is 4.12. The number of carbonyl (C=O) groups is 1. The molecule has 0 aliphatic rings. The van der Waals surface area contributed by atoms with Crippen molar-refractivity contribution in [2.24, 2.45) is 0 Å². The number of carbonyl (C=O) groups excluding carboxylic acids is 1. The van der Waals surface area contributed by atoms with E-state index in [1.54, 1.807) is 56.7 Å². The van der Waals surface area contributed by atoms with Crippen molar-refractivity contribution < 1.29 is 14.3 Å². The molecule has 0 aliphatic carbocycles. The number of amides is 1. The number of fused-ring (bicyclic) bond motifs is 1. The smallest absolute Gasteiger partial charge is 0.251 e. The molecule has 2 aromatic carbocycles. The summed E-state index contributed by atoms with van der Waals surface area (Å²) < 4.78 is 10.3. The van der Waals surface area contributed by atoms with Crippen molar-refractivity contribution in [3.05, 3.63) is 64.4 Å². The monoisotopic (exact) mass is 352 g/mol. The first kappa shape index (κ1) is 17.5. The predicted molar refractivity (Wildman–Crippen MR) is 101 cm³/mol. The highest BCUT2D eigenvalue weighted by Gasteiger charge is 2.08. The quantitative estimate of drug-likeness (QED) is 0.714. The number of methoxy groups -OCH3 is 2. The van der Waals surface area contributed by atoms with Crippen molar-refractivity contribution in [3.63, 3.8) is 0 Å². The van der Waals surface area contributed by atoms with Crippen LogP contribution in [0.4, 0.5) is 5.69 Å². The van der Waals surface area contributed by atoms with E-state index in [2.05, 4.69) is 10.3 Å². The lowest BCUT2D eigenvalue weighted by Crippen LogP contribution is -2.17. The van der Waals surface area contributed by atoms with Crippen molar-refractivity contribution in [2.45, 2.75) is 12.8 Å². The molecule has 0 saturated heterocycles. The Morgan fingerprint density at radius 3 is 2.38 bits per heavy atom. The maximum Gasteiger partial charge on any atom is 0.251 e. The van der Waals surface area contributed by atoms with Gasteiger partial charge in [0.05, 0.1) is 14.2 Å². The van der Waals surface area contributed by atoms with Crippen molar-refractivity contribution in [1.82, 2.24) is 4.98 Å². The van der Waals surface area contributed by atoms with Gasteiger partial charge in [-0.15, -0.1) is 0 Å². The highest BCUT2D eigenvalue weighted by Crippen LogP contribution is 2.19. The zero-order valence-corrected chi connectivity index (χ0v) is 14.7. The van der Waals surface area contributed by atoms with Crippen LogP contribution in [-0.2, 0) is 11.2 Å². The fourth-order valence-corrected chi connectivity index (χ4v) is 2.69. The van der Waals surface area contributed by atoms with E-state index in [0.717, 1.165) is 16.7 Å². The van der Waals surface area contributed by atoms with E-state index in [1.807, 2.05) is 6.07 Å². The topological polar surface area (TPSA) is 80.4 Å². The Hall–Kier alpha value is -3.28. The molecule has 0 unspecified atom stereocenters. The maximum absolute atomic E-state index is 12.2. The third-order valence-corrected chi connectivity index (χ3v) is 4.12.